The lowest BCUT2D eigenvalue weighted by atomic mass is 10.1. The summed E-state index contributed by atoms with van der Waals surface area (Å²) in [5.74, 6) is -1.29. The number of sulfone groups is 1. The number of carbonyl (C=O) groups excluding carboxylic acids is 2. The first kappa shape index (κ1) is 21.4. The molecule has 164 valence electrons. The smallest absolute Gasteiger partial charge is 0.273 e. The van der Waals surface area contributed by atoms with E-state index in [2.05, 4.69) is 16.0 Å². The molecule has 1 aliphatic rings. The van der Waals surface area contributed by atoms with Crippen molar-refractivity contribution in [2.75, 3.05) is 11.5 Å². The lowest BCUT2D eigenvalue weighted by Gasteiger charge is -2.09. The van der Waals surface area contributed by atoms with Crippen molar-refractivity contribution in [2.45, 2.75) is 26.3 Å². The maximum atomic E-state index is 13.1. The molecule has 3 heterocycles. The van der Waals surface area contributed by atoms with Gasteiger partial charge in [-0.2, -0.15) is 5.10 Å². The van der Waals surface area contributed by atoms with Gasteiger partial charge in [0, 0.05) is 11.8 Å². The van der Waals surface area contributed by atoms with Crippen molar-refractivity contribution in [3.63, 3.8) is 0 Å². The molecule has 1 unspecified atom stereocenters. The molecule has 0 radical (unpaired) electrons. The van der Waals surface area contributed by atoms with Gasteiger partial charge < -0.3 is 0 Å². The summed E-state index contributed by atoms with van der Waals surface area (Å²) in [7, 11) is -3.05. The van der Waals surface area contributed by atoms with Crippen LogP contribution >= 0.6 is 11.3 Å². The number of carbonyl (C=O) groups is 2. The van der Waals surface area contributed by atoms with Gasteiger partial charge in [0.2, 0.25) is 5.91 Å². The molecule has 2 amide bonds. The van der Waals surface area contributed by atoms with Gasteiger partial charge in [0.05, 0.1) is 28.6 Å². The zero-order chi connectivity index (χ0) is 22.2. The first-order chi connectivity index (χ1) is 14.7. The Balaban J connectivity index is 1.40. The zero-order valence-corrected chi connectivity index (χ0v) is 18.4. The molecule has 4 rings (SSSR count). The third-order valence-corrected chi connectivity index (χ3v) is 8.18. The van der Waals surface area contributed by atoms with Crippen LogP contribution in [0.5, 0.6) is 0 Å². The van der Waals surface area contributed by atoms with E-state index in [9.17, 15) is 22.4 Å². The summed E-state index contributed by atoms with van der Waals surface area (Å²) < 4.78 is 37.9. The third-order valence-electron chi connectivity index (χ3n) is 5.19. The molecule has 1 aromatic carbocycles. The van der Waals surface area contributed by atoms with Crippen molar-refractivity contribution >= 4 is 43.2 Å². The lowest BCUT2D eigenvalue weighted by molar-refractivity contribution is -0.122. The van der Waals surface area contributed by atoms with E-state index in [4.69, 9.17) is 0 Å². The summed E-state index contributed by atoms with van der Waals surface area (Å²) in [6.45, 7) is 2.28. The number of aryl methyl sites for hydroxylation is 1. The van der Waals surface area contributed by atoms with Crippen molar-refractivity contribution in [1.29, 1.82) is 0 Å². The number of halogens is 1. The van der Waals surface area contributed by atoms with Crippen LogP contribution in [-0.4, -0.2) is 41.5 Å². The largest absolute Gasteiger partial charge is 0.279 e. The van der Waals surface area contributed by atoms with Gasteiger partial charge in [-0.05, 0) is 43.0 Å². The molecule has 2 N–H and O–H groups in total. The van der Waals surface area contributed by atoms with Crippen LogP contribution in [0.25, 0.3) is 10.2 Å². The normalized spacial score (nSPS) is 17.7. The van der Waals surface area contributed by atoms with Crippen molar-refractivity contribution in [2.24, 2.45) is 5.92 Å². The number of hydrazine groups is 1. The highest BCUT2D eigenvalue weighted by Crippen LogP contribution is 2.29. The number of aromatic nitrogens is 2. The van der Waals surface area contributed by atoms with Crippen LogP contribution in [0.4, 0.5) is 4.39 Å². The van der Waals surface area contributed by atoms with Crippen LogP contribution in [0.15, 0.2) is 30.3 Å². The molecule has 0 spiro atoms. The molecule has 1 saturated heterocycles. The molecule has 2 aromatic heterocycles. The standard InChI is InChI=1S/C20H21FN4O4S2/c1-12-16-9-17(19(27)23-22-18(26)8-14-6-7-31(28,29)11-14)30-20(16)25(24-12)10-13-2-4-15(21)5-3-13/h2-5,9,14H,6-8,10-11H2,1H3,(H,22,26)(H,23,27). The number of hydrogen-bond donors (Lipinski definition) is 2. The van der Waals surface area contributed by atoms with Crippen LogP contribution in [0.1, 0.15) is 33.8 Å². The number of nitrogens with zero attached hydrogens (tertiary/aromatic N) is 2. The number of hydrogen-bond acceptors (Lipinski definition) is 6. The van der Waals surface area contributed by atoms with Gasteiger partial charge in [-0.15, -0.1) is 11.3 Å². The zero-order valence-electron chi connectivity index (χ0n) is 16.7. The van der Waals surface area contributed by atoms with Crippen molar-refractivity contribution < 1.29 is 22.4 Å². The van der Waals surface area contributed by atoms with E-state index < -0.39 is 21.7 Å². The highest BCUT2D eigenvalue weighted by atomic mass is 32.2. The topological polar surface area (TPSA) is 110 Å². The van der Waals surface area contributed by atoms with Crippen LogP contribution in [0.2, 0.25) is 0 Å². The Labute approximate surface area is 182 Å². The van der Waals surface area contributed by atoms with E-state index in [0.29, 0.717) is 17.8 Å². The Hall–Kier alpha value is -2.79. The minimum Gasteiger partial charge on any atom is -0.273 e. The Kier molecular flexibility index (Phi) is 5.80. The molecule has 11 heteroatoms. The molecule has 1 aliphatic heterocycles. The van der Waals surface area contributed by atoms with Gasteiger partial charge in [-0.1, -0.05) is 12.1 Å². The fourth-order valence-corrected chi connectivity index (χ4v) is 6.55. The second kappa shape index (κ2) is 8.39. The molecule has 0 saturated carbocycles. The van der Waals surface area contributed by atoms with Gasteiger partial charge in [0.25, 0.3) is 5.91 Å². The third kappa shape index (κ3) is 4.93. The quantitative estimate of drug-likeness (QED) is 0.563. The number of benzene rings is 1. The molecule has 3 aromatic rings. The Morgan fingerprint density at radius 2 is 2.00 bits per heavy atom. The Morgan fingerprint density at radius 3 is 2.68 bits per heavy atom. The molecule has 1 fully saturated rings. The van der Waals surface area contributed by atoms with E-state index >= 15 is 0 Å². The predicted octanol–water partition coefficient (Wildman–Crippen LogP) is 2.18. The molecule has 0 bridgehead atoms. The fourth-order valence-electron chi connectivity index (χ4n) is 3.63. The Bertz CT molecular complexity index is 1250. The minimum atomic E-state index is -3.05. The number of nitrogens with one attached hydrogen (secondary N) is 2. The lowest BCUT2D eigenvalue weighted by Crippen LogP contribution is -2.42. The second-order valence-electron chi connectivity index (χ2n) is 7.67. The number of amides is 2. The van der Waals surface area contributed by atoms with Gasteiger partial charge in [-0.25, -0.2) is 12.8 Å². The molecule has 8 nitrogen and oxygen atoms in total. The minimum absolute atomic E-state index is 0.00845. The van der Waals surface area contributed by atoms with Crippen LogP contribution in [0.3, 0.4) is 0 Å². The molecular formula is C20H21FN4O4S2. The van der Waals surface area contributed by atoms with E-state index in [1.165, 1.54) is 23.5 Å². The number of thiophene rings is 1. The maximum absolute atomic E-state index is 13.1. The summed E-state index contributed by atoms with van der Waals surface area (Å²) in [5.41, 5.74) is 6.40. The van der Waals surface area contributed by atoms with Gasteiger partial charge in [0.1, 0.15) is 10.6 Å². The molecule has 31 heavy (non-hydrogen) atoms. The monoisotopic (exact) mass is 464 g/mol. The average Bonchev–Trinajstić information content (AvgIpc) is 3.37. The SMILES string of the molecule is Cc1nn(Cc2ccc(F)cc2)c2sc(C(=O)NNC(=O)CC3CCS(=O)(=O)C3)cc12. The van der Waals surface area contributed by atoms with Crippen LogP contribution < -0.4 is 10.9 Å². The number of rotatable bonds is 5. The van der Waals surface area contributed by atoms with Crippen LogP contribution in [-0.2, 0) is 21.2 Å². The highest BCUT2D eigenvalue weighted by molar-refractivity contribution is 7.91. The van der Waals surface area contributed by atoms with Crippen molar-refractivity contribution in [1.82, 2.24) is 20.6 Å². The fraction of sp³-hybridized carbons (Fsp3) is 0.350. The summed E-state index contributed by atoms with van der Waals surface area (Å²) in [6, 6.07) is 7.86. The summed E-state index contributed by atoms with van der Waals surface area (Å²) >= 11 is 1.24. The average molecular weight is 465 g/mol. The predicted molar refractivity (Wildman–Crippen MR) is 115 cm³/mol. The summed E-state index contributed by atoms with van der Waals surface area (Å²) in [5, 5.41) is 5.33. The van der Waals surface area contributed by atoms with Crippen molar-refractivity contribution in [3.05, 3.63) is 52.3 Å². The molecular weight excluding hydrogens is 443 g/mol. The first-order valence-electron chi connectivity index (χ1n) is 9.71. The van der Waals surface area contributed by atoms with E-state index in [1.54, 1.807) is 22.9 Å². The van der Waals surface area contributed by atoms with E-state index in [-0.39, 0.29) is 29.7 Å². The second-order valence-corrected chi connectivity index (χ2v) is 10.9. The summed E-state index contributed by atoms with van der Waals surface area (Å²) in [6.07, 6.45) is 0.515. The van der Waals surface area contributed by atoms with Gasteiger partial charge in [-0.3, -0.25) is 25.1 Å². The van der Waals surface area contributed by atoms with Gasteiger partial charge in [0.15, 0.2) is 9.84 Å². The van der Waals surface area contributed by atoms with Crippen LogP contribution in [0, 0.1) is 18.7 Å². The van der Waals surface area contributed by atoms with E-state index in [1.807, 2.05) is 6.92 Å². The maximum Gasteiger partial charge on any atom is 0.279 e. The first-order valence-corrected chi connectivity index (χ1v) is 12.3. The van der Waals surface area contributed by atoms with Gasteiger partial charge >= 0.3 is 0 Å². The van der Waals surface area contributed by atoms with E-state index in [0.717, 1.165) is 21.5 Å². The molecule has 1 atom stereocenters. The summed E-state index contributed by atoms with van der Waals surface area (Å²) in [4.78, 5) is 25.7. The Morgan fingerprint density at radius 1 is 1.26 bits per heavy atom. The number of fused-ring (bicyclic) bond motifs is 1. The molecule has 0 aliphatic carbocycles. The van der Waals surface area contributed by atoms with Crippen molar-refractivity contribution in [3.8, 4) is 0 Å². The highest BCUT2D eigenvalue weighted by Gasteiger charge is 2.29.